The third kappa shape index (κ3) is 3.91. The third-order valence-corrected chi connectivity index (χ3v) is 4.99. The van der Waals surface area contributed by atoms with Gasteiger partial charge >= 0.3 is 0 Å². The maximum absolute atomic E-state index is 11.7. The number of hydrogen-bond acceptors (Lipinski definition) is 5. The number of ether oxygens (including phenoxy) is 1. The molecule has 1 aromatic rings. The van der Waals surface area contributed by atoms with Crippen molar-refractivity contribution in [2.24, 2.45) is 0 Å². The first-order valence-electron chi connectivity index (χ1n) is 6.21. The largest absolute Gasteiger partial charge is 0.474 e. The molecular weight excluding hydrogens is 304 g/mol. The van der Waals surface area contributed by atoms with Gasteiger partial charge < -0.3 is 9.53 Å². The van der Waals surface area contributed by atoms with Gasteiger partial charge in [0.25, 0.3) is 0 Å². The summed E-state index contributed by atoms with van der Waals surface area (Å²) in [6, 6.07) is 3.37. The number of aromatic nitrogens is 1. The van der Waals surface area contributed by atoms with E-state index in [1.54, 1.807) is 12.1 Å². The third-order valence-electron chi connectivity index (χ3n) is 3.06. The molecule has 0 atom stereocenters. The monoisotopic (exact) mass is 318 g/mol. The van der Waals surface area contributed by atoms with Gasteiger partial charge in [-0.05, 0) is 18.9 Å². The summed E-state index contributed by atoms with van der Waals surface area (Å²) in [6.45, 7) is 0.711. The highest BCUT2D eigenvalue weighted by molar-refractivity contribution is 7.89. The number of sulfonamides is 1. The molecule has 1 aromatic heterocycles. The van der Waals surface area contributed by atoms with Crippen LogP contribution in [0.2, 0.25) is 5.02 Å². The van der Waals surface area contributed by atoms with Gasteiger partial charge in [0, 0.05) is 25.4 Å². The second-order valence-corrected chi connectivity index (χ2v) is 6.93. The highest BCUT2D eigenvalue weighted by atomic mass is 35.5. The van der Waals surface area contributed by atoms with Crippen LogP contribution >= 0.6 is 11.6 Å². The van der Waals surface area contributed by atoms with Gasteiger partial charge in [0.05, 0.1) is 5.02 Å². The molecule has 8 heteroatoms. The zero-order valence-corrected chi connectivity index (χ0v) is 12.3. The first-order chi connectivity index (χ1) is 9.51. The molecule has 20 heavy (non-hydrogen) atoms. The van der Waals surface area contributed by atoms with E-state index in [1.165, 1.54) is 10.5 Å². The van der Waals surface area contributed by atoms with Gasteiger partial charge in [-0.3, -0.25) is 0 Å². The van der Waals surface area contributed by atoms with Crippen molar-refractivity contribution >= 4 is 27.9 Å². The topological polar surface area (TPSA) is 76.6 Å². The number of carbonyl (C=O) groups is 1. The summed E-state index contributed by atoms with van der Waals surface area (Å²) < 4.78 is 30.4. The number of aldehydes is 1. The zero-order chi connectivity index (χ0) is 14.6. The molecule has 2 rings (SSSR count). The summed E-state index contributed by atoms with van der Waals surface area (Å²) in [4.78, 5) is 14.4. The van der Waals surface area contributed by atoms with Crippen molar-refractivity contribution in [1.29, 1.82) is 0 Å². The second-order valence-electron chi connectivity index (χ2n) is 4.48. The summed E-state index contributed by atoms with van der Waals surface area (Å²) in [5.41, 5.74) is 0. The molecule has 0 amide bonds. The van der Waals surface area contributed by atoms with Crippen LogP contribution in [0.5, 0.6) is 5.88 Å². The number of halogens is 1. The number of hydrogen-bond donors (Lipinski definition) is 0. The summed E-state index contributed by atoms with van der Waals surface area (Å²) in [5, 5.41) is 0.534. The van der Waals surface area contributed by atoms with Crippen LogP contribution in [0, 0.1) is 0 Å². The summed E-state index contributed by atoms with van der Waals surface area (Å²) >= 11 is 5.73. The molecular formula is C12H15ClN2O4S. The van der Waals surface area contributed by atoms with Crippen molar-refractivity contribution in [1.82, 2.24) is 9.29 Å². The molecule has 0 saturated carbocycles. The summed E-state index contributed by atoms with van der Waals surface area (Å²) in [6.07, 6.45) is 2.98. The Balaban J connectivity index is 1.88. The van der Waals surface area contributed by atoms with Gasteiger partial charge in [-0.25, -0.2) is 17.7 Å². The Hall–Kier alpha value is -1.18. The Bertz CT molecular complexity index is 553. The van der Waals surface area contributed by atoms with E-state index < -0.39 is 15.8 Å². The lowest BCUT2D eigenvalue weighted by atomic mass is 10.1. The van der Waals surface area contributed by atoms with Gasteiger partial charge in [0.1, 0.15) is 18.1 Å². The fourth-order valence-electron chi connectivity index (χ4n) is 2.02. The van der Waals surface area contributed by atoms with Crippen molar-refractivity contribution in [2.75, 3.05) is 18.8 Å². The fraction of sp³-hybridized carbons (Fsp3) is 0.500. The first kappa shape index (κ1) is 15.2. The zero-order valence-electron chi connectivity index (χ0n) is 10.7. The Kier molecular flexibility index (Phi) is 4.95. The molecule has 6 nitrogen and oxygen atoms in total. The Morgan fingerprint density at radius 3 is 2.65 bits per heavy atom. The average Bonchev–Trinajstić information content (AvgIpc) is 2.42. The van der Waals surface area contributed by atoms with Gasteiger partial charge in [0.15, 0.2) is 0 Å². The van der Waals surface area contributed by atoms with Crippen molar-refractivity contribution in [3.8, 4) is 5.88 Å². The Morgan fingerprint density at radius 2 is 2.10 bits per heavy atom. The van der Waals surface area contributed by atoms with Gasteiger partial charge in [0.2, 0.25) is 15.9 Å². The molecule has 0 spiro atoms. The maximum Gasteiger partial charge on any atom is 0.220 e. The van der Waals surface area contributed by atoms with Crippen LogP contribution in [0.1, 0.15) is 12.8 Å². The normalized spacial score (nSPS) is 17.9. The van der Waals surface area contributed by atoms with Crippen LogP contribution in [0.3, 0.4) is 0 Å². The Morgan fingerprint density at radius 1 is 1.40 bits per heavy atom. The van der Waals surface area contributed by atoms with E-state index >= 15 is 0 Å². The molecule has 1 aliphatic heterocycles. The van der Waals surface area contributed by atoms with Crippen molar-refractivity contribution in [3.05, 3.63) is 23.4 Å². The molecule has 0 aromatic carbocycles. The number of nitrogens with zero attached hydrogens (tertiary/aromatic N) is 2. The van der Waals surface area contributed by atoms with Gasteiger partial charge in [-0.15, -0.1) is 0 Å². The van der Waals surface area contributed by atoms with E-state index in [9.17, 15) is 13.2 Å². The SMILES string of the molecule is O=CCS(=O)(=O)N1CCC(Oc2ccc(Cl)cn2)CC1. The first-order valence-corrected chi connectivity index (χ1v) is 8.19. The van der Waals surface area contributed by atoms with Crippen molar-refractivity contribution < 1.29 is 17.9 Å². The molecule has 2 heterocycles. The summed E-state index contributed by atoms with van der Waals surface area (Å²) in [7, 11) is -3.46. The number of pyridine rings is 1. The lowest BCUT2D eigenvalue weighted by Crippen LogP contribution is -2.42. The highest BCUT2D eigenvalue weighted by Crippen LogP contribution is 2.20. The molecule has 0 aliphatic carbocycles. The minimum atomic E-state index is -3.46. The van der Waals surface area contributed by atoms with Crippen LogP contribution < -0.4 is 4.74 Å². The molecule has 1 fully saturated rings. The van der Waals surface area contributed by atoms with E-state index in [-0.39, 0.29) is 6.10 Å². The van der Waals surface area contributed by atoms with E-state index in [0.29, 0.717) is 43.1 Å². The van der Waals surface area contributed by atoms with E-state index in [4.69, 9.17) is 16.3 Å². The standard InChI is InChI=1S/C12H15ClN2O4S/c13-10-1-2-12(14-9-10)19-11-3-5-15(6-4-11)20(17,18)8-7-16/h1-2,7,9,11H,3-6,8H2. The van der Waals surface area contributed by atoms with Crippen LogP contribution in [-0.2, 0) is 14.8 Å². The molecule has 0 N–H and O–H groups in total. The number of piperidine rings is 1. The second kappa shape index (κ2) is 6.51. The molecule has 0 radical (unpaired) electrons. The minimum Gasteiger partial charge on any atom is -0.474 e. The van der Waals surface area contributed by atoms with Crippen molar-refractivity contribution in [3.63, 3.8) is 0 Å². The smallest absolute Gasteiger partial charge is 0.220 e. The van der Waals surface area contributed by atoms with E-state index in [2.05, 4.69) is 4.98 Å². The van der Waals surface area contributed by atoms with Crippen LogP contribution in [0.4, 0.5) is 0 Å². The summed E-state index contributed by atoms with van der Waals surface area (Å²) in [5.74, 6) is 0.0145. The van der Waals surface area contributed by atoms with Crippen LogP contribution in [0.25, 0.3) is 0 Å². The lowest BCUT2D eigenvalue weighted by molar-refractivity contribution is -0.105. The minimum absolute atomic E-state index is 0.0774. The Labute approximate surface area is 122 Å². The fourth-order valence-corrected chi connectivity index (χ4v) is 3.28. The molecule has 0 unspecified atom stereocenters. The van der Waals surface area contributed by atoms with Gasteiger partial charge in [-0.1, -0.05) is 11.6 Å². The van der Waals surface area contributed by atoms with Crippen LogP contribution in [-0.4, -0.2) is 48.9 Å². The molecule has 1 saturated heterocycles. The predicted molar refractivity (Wildman–Crippen MR) is 74.3 cm³/mol. The maximum atomic E-state index is 11.7. The van der Waals surface area contributed by atoms with E-state index in [1.807, 2.05) is 0 Å². The predicted octanol–water partition coefficient (Wildman–Crippen LogP) is 1.11. The lowest BCUT2D eigenvalue weighted by Gasteiger charge is -2.30. The van der Waals surface area contributed by atoms with Crippen molar-refractivity contribution in [2.45, 2.75) is 18.9 Å². The molecule has 1 aliphatic rings. The van der Waals surface area contributed by atoms with Crippen LogP contribution in [0.15, 0.2) is 18.3 Å². The highest BCUT2D eigenvalue weighted by Gasteiger charge is 2.28. The number of carbonyl (C=O) groups excluding carboxylic acids is 1. The van der Waals surface area contributed by atoms with E-state index in [0.717, 1.165) is 0 Å². The molecule has 110 valence electrons. The van der Waals surface area contributed by atoms with Gasteiger partial charge in [-0.2, -0.15) is 0 Å². The number of rotatable bonds is 5. The quantitative estimate of drug-likeness (QED) is 0.760. The average molecular weight is 319 g/mol. The molecule has 0 bridgehead atoms.